The molecule has 1 atom stereocenters. The zero-order chi connectivity index (χ0) is 12.1. The van der Waals surface area contributed by atoms with Crippen molar-refractivity contribution in [2.75, 3.05) is 25.5 Å². The molecule has 1 rings (SSSR count). The van der Waals surface area contributed by atoms with Crippen LogP contribution in [0.5, 0.6) is 0 Å². The van der Waals surface area contributed by atoms with Gasteiger partial charge in [0.05, 0.1) is 0 Å². The summed E-state index contributed by atoms with van der Waals surface area (Å²) in [4.78, 5) is 27.1. The molecular formula is C11H19ClN2O2. The summed E-state index contributed by atoms with van der Waals surface area (Å²) in [5.41, 5.74) is 0. The molecule has 1 fully saturated rings. The molecule has 92 valence electrons. The van der Waals surface area contributed by atoms with Gasteiger partial charge in [0, 0.05) is 19.6 Å². The third kappa shape index (κ3) is 2.67. The molecular weight excluding hydrogens is 228 g/mol. The maximum Gasteiger partial charge on any atom is 0.245 e. The number of nitrogens with zero attached hydrogens (tertiary/aromatic N) is 2. The van der Waals surface area contributed by atoms with Crippen LogP contribution in [-0.4, -0.2) is 53.2 Å². The van der Waals surface area contributed by atoms with Gasteiger partial charge in [-0.3, -0.25) is 9.59 Å². The predicted octanol–water partition coefficient (Wildman–Crippen LogP) is 1.08. The Labute approximate surface area is 102 Å². The van der Waals surface area contributed by atoms with Crippen LogP contribution < -0.4 is 0 Å². The van der Waals surface area contributed by atoms with E-state index in [1.165, 1.54) is 0 Å². The topological polar surface area (TPSA) is 40.6 Å². The molecule has 0 aromatic rings. The summed E-state index contributed by atoms with van der Waals surface area (Å²) in [7, 11) is 0. The molecule has 0 spiro atoms. The molecule has 4 nitrogen and oxygen atoms in total. The van der Waals surface area contributed by atoms with Gasteiger partial charge in [0.25, 0.3) is 0 Å². The molecule has 1 heterocycles. The Morgan fingerprint density at radius 2 is 2.00 bits per heavy atom. The second-order valence-electron chi connectivity index (χ2n) is 3.89. The number of halogens is 1. The number of amides is 2. The molecule has 0 N–H and O–H groups in total. The van der Waals surface area contributed by atoms with Gasteiger partial charge in [-0.05, 0) is 26.7 Å². The fraction of sp³-hybridized carbons (Fsp3) is 0.818. The van der Waals surface area contributed by atoms with Crippen molar-refractivity contribution in [1.29, 1.82) is 0 Å². The van der Waals surface area contributed by atoms with E-state index < -0.39 is 0 Å². The first-order valence-corrected chi connectivity index (χ1v) is 6.33. The van der Waals surface area contributed by atoms with E-state index in [-0.39, 0.29) is 23.7 Å². The lowest BCUT2D eigenvalue weighted by atomic mass is 10.2. The number of likely N-dealkylation sites (tertiary alicyclic amines) is 1. The molecule has 5 heteroatoms. The highest BCUT2D eigenvalue weighted by atomic mass is 35.5. The van der Waals surface area contributed by atoms with Crippen LogP contribution >= 0.6 is 11.6 Å². The summed E-state index contributed by atoms with van der Waals surface area (Å²) in [6.07, 6.45) is 1.65. The van der Waals surface area contributed by atoms with Crippen molar-refractivity contribution in [1.82, 2.24) is 9.80 Å². The van der Waals surface area contributed by atoms with E-state index in [4.69, 9.17) is 11.6 Å². The van der Waals surface area contributed by atoms with Gasteiger partial charge < -0.3 is 9.80 Å². The molecule has 16 heavy (non-hydrogen) atoms. The van der Waals surface area contributed by atoms with Crippen LogP contribution in [0.4, 0.5) is 0 Å². The van der Waals surface area contributed by atoms with Crippen LogP contribution in [0, 0.1) is 0 Å². The molecule has 0 aliphatic carbocycles. The van der Waals surface area contributed by atoms with Crippen LogP contribution in [0.15, 0.2) is 0 Å². The van der Waals surface area contributed by atoms with Crippen molar-refractivity contribution < 1.29 is 9.59 Å². The lowest BCUT2D eigenvalue weighted by Gasteiger charge is -2.28. The molecule has 0 aromatic heterocycles. The van der Waals surface area contributed by atoms with Crippen LogP contribution in [-0.2, 0) is 9.59 Å². The Bertz CT molecular complexity index is 267. The third-order valence-corrected chi connectivity index (χ3v) is 3.28. The minimum absolute atomic E-state index is 0.0397. The number of hydrogen-bond donors (Lipinski definition) is 0. The fourth-order valence-corrected chi connectivity index (χ4v) is 2.30. The van der Waals surface area contributed by atoms with Gasteiger partial charge in [0.1, 0.15) is 11.9 Å². The highest BCUT2D eigenvalue weighted by Crippen LogP contribution is 2.19. The molecule has 1 aliphatic rings. The van der Waals surface area contributed by atoms with E-state index in [2.05, 4.69) is 0 Å². The summed E-state index contributed by atoms with van der Waals surface area (Å²) in [6.45, 7) is 5.93. The Kier molecular flexibility index (Phi) is 5.06. The van der Waals surface area contributed by atoms with Crippen LogP contribution in [0.25, 0.3) is 0 Å². The lowest BCUT2D eigenvalue weighted by molar-refractivity contribution is -0.142. The highest BCUT2D eigenvalue weighted by molar-refractivity contribution is 6.27. The maximum atomic E-state index is 12.1. The van der Waals surface area contributed by atoms with E-state index >= 15 is 0 Å². The zero-order valence-corrected chi connectivity index (χ0v) is 10.7. The number of hydrogen-bond acceptors (Lipinski definition) is 2. The van der Waals surface area contributed by atoms with Crippen molar-refractivity contribution in [3.05, 3.63) is 0 Å². The first kappa shape index (κ1) is 13.3. The Hall–Kier alpha value is -0.770. The highest BCUT2D eigenvalue weighted by Gasteiger charge is 2.35. The molecule has 0 saturated carbocycles. The largest absolute Gasteiger partial charge is 0.341 e. The van der Waals surface area contributed by atoms with Crippen molar-refractivity contribution in [3.8, 4) is 0 Å². The molecule has 1 aliphatic heterocycles. The van der Waals surface area contributed by atoms with Gasteiger partial charge in [-0.15, -0.1) is 11.6 Å². The van der Waals surface area contributed by atoms with Crippen molar-refractivity contribution in [2.24, 2.45) is 0 Å². The molecule has 0 aromatic carbocycles. The Balaban J connectivity index is 2.70. The number of likely N-dealkylation sites (N-methyl/N-ethyl adjacent to an activating group) is 1. The van der Waals surface area contributed by atoms with E-state index in [1.807, 2.05) is 13.8 Å². The minimum Gasteiger partial charge on any atom is -0.341 e. The van der Waals surface area contributed by atoms with Gasteiger partial charge >= 0.3 is 0 Å². The molecule has 1 unspecified atom stereocenters. The Morgan fingerprint density at radius 3 is 2.50 bits per heavy atom. The van der Waals surface area contributed by atoms with E-state index in [9.17, 15) is 9.59 Å². The molecule has 0 bridgehead atoms. The van der Waals surface area contributed by atoms with Crippen molar-refractivity contribution >= 4 is 23.4 Å². The summed E-state index contributed by atoms with van der Waals surface area (Å²) >= 11 is 5.53. The number of alkyl halides is 1. The predicted molar refractivity (Wildman–Crippen MR) is 63.4 cm³/mol. The fourth-order valence-electron chi connectivity index (χ4n) is 2.14. The van der Waals surface area contributed by atoms with Gasteiger partial charge in [0.15, 0.2) is 0 Å². The average molecular weight is 247 g/mol. The van der Waals surface area contributed by atoms with Crippen LogP contribution in [0.1, 0.15) is 26.7 Å². The van der Waals surface area contributed by atoms with Crippen LogP contribution in [0.3, 0.4) is 0 Å². The van der Waals surface area contributed by atoms with E-state index in [0.717, 1.165) is 12.8 Å². The van der Waals surface area contributed by atoms with Gasteiger partial charge in [-0.2, -0.15) is 0 Å². The van der Waals surface area contributed by atoms with Crippen molar-refractivity contribution in [3.63, 3.8) is 0 Å². The van der Waals surface area contributed by atoms with E-state index in [0.29, 0.717) is 19.6 Å². The summed E-state index contributed by atoms with van der Waals surface area (Å²) in [5.74, 6) is -0.118. The molecule has 2 amide bonds. The third-order valence-electron chi connectivity index (χ3n) is 3.05. The monoisotopic (exact) mass is 246 g/mol. The SMILES string of the molecule is CCN(CC)C(=O)C1CCCN1C(=O)CCl. The quantitative estimate of drug-likeness (QED) is 0.697. The first-order valence-electron chi connectivity index (χ1n) is 5.79. The minimum atomic E-state index is -0.286. The van der Waals surface area contributed by atoms with Crippen LogP contribution in [0.2, 0.25) is 0 Å². The number of carbonyl (C=O) groups excluding carboxylic acids is 2. The summed E-state index contributed by atoms with van der Waals surface area (Å²) in [5, 5.41) is 0. The zero-order valence-electron chi connectivity index (χ0n) is 9.91. The summed E-state index contributed by atoms with van der Waals surface area (Å²) in [6, 6.07) is -0.286. The smallest absolute Gasteiger partial charge is 0.245 e. The Morgan fingerprint density at radius 1 is 1.38 bits per heavy atom. The normalized spacial score (nSPS) is 19.9. The van der Waals surface area contributed by atoms with Gasteiger partial charge in [-0.25, -0.2) is 0 Å². The second kappa shape index (κ2) is 6.09. The second-order valence-corrected chi connectivity index (χ2v) is 4.16. The summed E-state index contributed by atoms with van der Waals surface area (Å²) < 4.78 is 0. The number of carbonyl (C=O) groups is 2. The standard InChI is InChI=1S/C11H19ClN2O2/c1-3-13(4-2)11(16)9-6-5-7-14(9)10(15)8-12/h9H,3-8H2,1-2H3. The first-order chi connectivity index (χ1) is 7.65. The number of rotatable bonds is 4. The van der Waals surface area contributed by atoms with E-state index in [1.54, 1.807) is 9.80 Å². The molecule has 1 saturated heterocycles. The molecule has 0 radical (unpaired) electrons. The van der Waals surface area contributed by atoms with Gasteiger partial charge in [-0.1, -0.05) is 0 Å². The maximum absolute atomic E-state index is 12.1. The van der Waals surface area contributed by atoms with Crippen molar-refractivity contribution in [2.45, 2.75) is 32.7 Å². The lowest BCUT2D eigenvalue weighted by Crippen LogP contribution is -2.48. The average Bonchev–Trinajstić information content (AvgIpc) is 2.78. The van der Waals surface area contributed by atoms with Gasteiger partial charge in [0.2, 0.25) is 11.8 Å².